The van der Waals surface area contributed by atoms with Gasteiger partial charge in [-0.1, -0.05) is 25.0 Å². The third-order valence-electron chi connectivity index (χ3n) is 5.87. The van der Waals surface area contributed by atoms with Gasteiger partial charge in [-0.3, -0.25) is 9.59 Å². The molecule has 1 atom stereocenters. The molecule has 1 saturated heterocycles. The van der Waals surface area contributed by atoms with Crippen molar-refractivity contribution in [3.8, 4) is 0 Å². The van der Waals surface area contributed by atoms with Gasteiger partial charge in [-0.25, -0.2) is 0 Å². The van der Waals surface area contributed by atoms with Crippen LogP contribution in [0.25, 0.3) is 0 Å². The topological polar surface area (TPSA) is 40.6 Å². The van der Waals surface area contributed by atoms with Gasteiger partial charge in [0.1, 0.15) is 0 Å². The van der Waals surface area contributed by atoms with Gasteiger partial charge in [0.25, 0.3) is 0 Å². The molecule has 3 rings (SSSR count). The second-order valence-corrected chi connectivity index (χ2v) is 7.90. The van der Waals surface area contributed by atoms with E-state index in [-0.39, 0.29) is 23.8 Å². The number of carbonyl (C=O) groups is 2. The average molecular weight is 342 g/mol. The molecule has 25 heavy (non-hydrogen) atoms. The molecule has 0 aromatic heterocycles. The number of benzene rings is 1. The second-order valence-electron chi connectivity index (χ2n) is 7.90. The lowest BCUT2D eigenvalue weighted by Crippen LogP contribution is -2.47. The lowest BCUT2D eigenvalue weighted by atomic mass is 10.0. The number of aryl methyl sites for hydroxylation is 1. The van der Waals surface area contributed by atoms with E-state index in [1.54, 1.807) is 0 Å². The van der Waals surface area contributed by atoms with Gasteiger partial charge in [0, 0.05) is 30.7 Å². The molecule has 0 bridgehead atoms. The molecular formula is C21H30N2O2. The SMILES string of the molecule is Cc1cccc(N2CC(C(=O)N(C(C)C)C3CCCC3)CC2=O)c1C. The average Bonchev–Trinajstić information content (AvgIpc) is 3.20. The van der Waals surface area contributed by atoms with E-state index in [0.29, 0.717) is 19.0 Å². The van der Waals surface area contributed by atoms with Gasteiger partial charge < -0.3 is 9.80 Å². The number of amides is 2. The highest BCUT2D eigenvalue weighted by Crippen LogP contribution is 2.32. The Morgan fingerprint density at radius 2 is 1.88 bits per heavy atom. The predicted octanol–water partition coefficient (Wildman–Crippen LogP) is 3.84. The molecule has 0 N–H and O–H groups in total. The molecule has 1 aliphatic heterocycles. The van der Waals surface area contributed by atoms with E-state index in [9.17, 15) is 9.59 Å². The van der Waals surface area contributed by atoms with Crippen LogP contribution in [0.15, 0.2) is 18.2 Å². The molecule has 1 saturated carbocycles. The van der Waals surface area contributed by atoms with E-state index in [1.165, 1.54) is 18.4 Å². The Morgan fingerprint density at radius 1 is 1.20 bits per heavy atom. The summed E-state index contributed by atoms with van der Waals surface area (Å²) < 4.78 is 0. The fourth-order valence-corrected chi connectivity index (χ4v) is 4.38. The quantitative estimate of drug-likeness (QED) is 0.834. The van der Waals surface area contributed by atoms with Crippen LogP contribution in [0, 0.1) is 19.8 Å². The number of hydrogen-bond acceptors (Lipinski definition) is 2. The minimum Gasteiger partial charge on any atom is -0.337 e. The highest BCUT2D eigenvalue weighted by molar-refractivity contribution is 6.01. The van der Waals surface area contributed by atoms with Gasteiger partial charge in [0.2, 0.25) is 11.8 Å². The molecule has 1 aromatic rings. The molecular weight excluding hydrogens is 312 g/mol. The number of rotatable bonds is 4. The maximum absolute atomic E-state index is 13.2. The Kier molecular flexibility index (Phi) is 5.16. The molecule has 4 nitrogen and oxygen atoms in total. The van der Waals surface area contributed by atoms with Crippen molar-refractivity contribution in [3.05, 3.63) is 29.3 Å². The number of nitrogens with zero attached hydrogens (tertiary/aromatic N) is 2. The minimum absolute atomic E-state index is 0.0715. The first-order valence-electron chi connectivity index (χ1n) is 9.59. The van der Waals surface area contributed by atoms with Crippen LogP contribution in [-0.2, 0) is 9.59 Å². The predicted molar refractivity (Wildman–Crippen MR) is 101 cm³/mol. The molecule has 2 fully saturated rings. The molecule has 1 aromatic carbocycles. The summed E-state index contributed by atoms with van der Waals surface area (Å²) in [5.74, 6) is 0.0284. The Labute approximate surface area is 151 Å². The Bertz CT molecular complexity index is 662. The Hall–Kier alpha value is -1.84. The van der Waals surface area contributed by atoms with E-state index < -0.39 is 0 Å². The number of anilines is 1. The summed E-state index contributed by atoms with van der Waals surface area (Å²) in [4.78, 5) is 29.7. The van der Waals surface area contributed by atoms with Crippen LogP contribution in [0.5, 0.6) is 0 Å². The lowest BCUT2D eigenvalue weighted by molar-refractivity contribution is -0.140. The van der Waals surface area contributed by atoms with Gasteiger partial charge in [-0.2, -0.15) is 0 Å². The molecule has 0 radical (unpaired) electrons. The van der Waals surface area contributed by atoms with Crippen molar-refractivity contribution >= 4 is 17.5 Å². The fourth-order valence-electron chi connectivity index (χ4n) is 4.38. The van der Waals surface area contributed by atoms with Crippen molar-refractivity contribution in [1.29, 1.82) is 0 Å². The molecule has 1 heterocycles. The summed E-state index contributed by atoms with van der Waals surface area (Å²) in [6.45, 7) is 8.80. The van der Waals surface area contributed by atoms with Crippen molar-refractivity contribution in [2.45, 2.75) is 71.9 Å². The number of hydrogen-bond donors (Lipinski definition) is 0. The van der Waals surface area contributed by atoms with Gasteiger partial charge in [-0.15, -0.1) is 0 Å². The van der Waals surface area contributed by atoms with Crippen molar-refractivity contribution < 1.29 is 9.59 Å². The monoisotopic (exact) mass is 342 g/mol. The van der Waals surface area contributed by atoms with E-state index in [0.717, 1.165) is 24.1 Å². The first kappa shape index (κ1) is 18.0. The molecule has 136 valence electrons. The van der Waals surface area contributed by atoms with Crippen LogP contribution in [0.4, 0.5) is 5.69 Å². The molecule has 2 amide bonds. The summed E-state index contributed by atoms with van der Waals surface area (Å²) >= 11 is 0. The Morgan fingerprint density at radius 3 is 2.52 bits per heavy atom. The maximum Gasteiger partial charge on any atom is 0.228 e. The standard InChI is InChI=1S/C21H30N2O2/c1-14(2)23(18-9-5-6-10-18)21(25)17-12-20(24)22(13-17)19-11-7-8-15(3)16(19)4/h7-8,11,14,17-18H,5-6,9-10,12-13H2,1-4H3. The highest BCUT2D eigenvalue weighted by Gasteiger charge is 2.40. The van der Waals surface area contributed by atoms with Crippen LogP contribution in [-0.4, -0.2) is 35.3 Å². The minimum atomic E-state index is -0.213. The fraction of sp³-hybridized carbons (Fsp3) is 0.619. The van der Waals surface area contributed by atoms with Gasteiger partial charge in [0.15, 0.2) is 0 Å². The van der Waals surface area contributed by atoms with Crippen molar-refractivity contribution in [2.24, 2.45) is 5.92 Å². The first-order valence-corrected chi connectivity index (χ1v) is 9.59. The van der Waals surface area contributed by atoms with Crippen molar-refractivity contribution in [2.75, 3.05) is 11.4 Å². The largest absolute Gasteiger partial charge is 0.337 e. The highest BCUT2D eigenvalue weighted by atomic mass is 16.2. The van der Waals surface area contributed by atoms with E-state index in [2.05, 4.69) is 31.7 Å². The summed E-state index contributed by atoms with van der Waals surface area (Å²) in [5, 5.41) is 0. The maximum atomic E-state index is 13.2. The summed E-state index contributed by atoms with van der Waals surface area (Å²) in [5.41, 5.74) is 3.26. The third kappa shape index (κ3) is 3.44. The van der Waals surface area contributed by atoms with Crippen molar-refractivity contribution in [3.63, 3.8) is 0 Å². The zero-order valence-electron chi connectivity index (χ0n) is 15.9. The molecule has 1 aliphatic carbocycles. The van der Waals surface area contributed by atoms with Gasteiger partial charge in [-0.05, 0) is 57.7 Å². The van der Waals surface area contributed by atoms with E-state index in [1.807, 2.05) is 24.0 Å². The third-order valence-corrected chi connectivity index (χ3v) is 5.87. The summed E-state index contributed by atoms with van der Waals surface area (Å²) in [7, 11) is 0. The molecule has 4 heteroatoms. The van der Waals surface area contributed by atoms with Crippen LogP contribution in [0.2, 0.25) is 0 Å². The first-order chi connectivity index (χ1) is 11.9. The Balaban J connectivity index is 1.79. The molecule has 2 aliphatic rings. The second kappa shape index (κ2) is 7.19. The van der Waals surface area contributed by atoms with Gasteiger partial charge in [0.05, 0.1) is 5.92 Å². The van der Waals surface area contributed by atoms with E-state index >= 15 is 0 Å². The zero-order valence-corrected chi connectivity index (χ0v) is 15.9. The molecule has 1 unspecified atom stereocenters. The van der Waals surface area contributed by atoms with E-state index in [4.69, 9.17) is 0 Å². The van der Waals surface area contributed by atoms with Crippen LogP contribution < -0.4 is 4.90 Å². The summed E-state index contributed by atoms with van der Waals surface area (Å²) in [6, 6.07) is 6.59. The number of carbonyl (C=O) groups excluding carboxylic acids is 2. The van der Waals surface area contributed by atoms with Gasteiger partial charge >= 0.3 is 0 Å². The summed E-state index contributed by atoms with van der Waals surface area (Å²) in [6.07, 6.45) is 4.96. The molecule has 0 spiro atoms. The van der Waals surface area contributed by atoms with Crippen LogP contribution >= 0.6 is 0 Å². The van der Waals surface area contributed by atoms with Crippen molar-refractivity contribution in [1.82, 2.24) is 4.90 Å². The van der Waals surface area contributed by atoms with Crippen LogP contribution in [0.3, 0.4) is 0 Å². The lowest BCUT2D eigenvalue weighted by Gasteiger charge is -2.34. The smallest absolute Gasteiger partial charge is 0.228 e. The van der Waals surface area contributed by atoms with Crippen LogP contribution in [0.1, 0.15) is 57.1 Å². The zero-order chi connectivity index (χ0) is 18.1. The normalized spacial score (nSPS) is 21.4.